The molecule has 1 atom stereocenters. The monoisotopic (exact) mass is 258 g/mol. The van der Waals surface area contributed by atoms with E-state index in [4.69, 9.17) is 0 Å². The van der Waals surface area contributed by atoms with E-state index in [2.05, 4.69) is 28.4 Å². The molecule has 3 nitrogen and oxygen atoms in total. The van der Waals surface area contributed by atoms with Crippen LogP contribution in [0.5, 0.6) is 0 Å². The molecule has 0 aliphatic carbocycles. The van der Waals surface area contributed by atoms with Crippen LogP contribution in [0.2, 0.25) is 0 Å². The summed E-state index contributed by atoms with van der Waals surface area (Å²) in [5, 5.41) is 3.39. The maximum Gasteiger partial charge on any atom is 0.141 e. The third-order valence-electron chi connectivity index (χ3n) is 4.37. The molecule has 0 amide bonds. The van der Waals surface area contributed by atoms with Crippen molar-refractivity contribution in [3.63, 3.8) is 0 Å². The van der Waals surface area contributed by atoms with Crippen molar-refractivity contribution in [3.8, 4) is 0 Å². The first-order valence-electron chi connectivity index (χ1n) is 7.40. The van der Waals surface area contributed by atoms with Gasteiger partial charge in [0.1, 0.15) is 6.29 Å². The molecular formula is C16H22N2O. The first-order chi connectivity index (χ1) is 9.38. The molecule has 1 fully saturated rings. The molecule has 1 N–H and O–H groups in total. The molecule has 0 bridgehead atoms. The van der Waals surface area contributed by atoms with E-state index in [0.717, 1.165) is 38.9 Å². The van der Waals surface area contributed by atoms with E-state index in [9.17, 15) is 4.79 Å². The predicted molar refractivity (Wildman–Crippen MR) is 76.1 cm³/mol. The molecule has 2 heterocycles. The van der Waals surface area contributed by atoms with Crippen LogP contribution in [-0.2, 0) is 17.8 Å². The van der Waals surface area contributed by atoms with Gasteiger partial charge >= 0.3 is 0 Å². The van der Waals surface area contributed by atoms with Gasteiger partial charge in [0.2, 0.25) is 0 Å². The van der Waals surface area contributed by atoms with Crippen molar-refractivity contribution in [2.24, 2.45) is 0 Å². The van der Waals surface area contributed by atoms with E-state index in [1.807, 2.05) is 0 Å². The summed E-state index contributed by atoms with van der Waals surface area (Å²) in [5.74, 6) is 0. The Hall–Kier alpha value is -1.19. The number of fused-ring (bicyclic) bond motifs is 1. The fourth-order valence-electron chi connectivity index (χ4n) is 3.25. The second-order valence-corrected chi connectivity index (χ2v) is 5.63. The van der Waals surface area contributed by atoms with Gasteiger partial charge in [-0.15, -0.1) is 0 Å². The van der Waals surface area contributed by atoms with Crippen molar-refractivity contribution in [2.45, 2.75) is 38.3 Å². The molecule has 1 saturated heterocycles. The van der Waals surface area contributed by atoms with Crippen molar-refractivity contribution < 1.29 is 4.79 Å². The zero-order valence-corrected chi connectivity index (χ0v) is 11.4. The van der Waals surface area contributed by atoms with E-state index in [-0.39, 0.29) is 6.04 Å². The SMILES string of the molecule is O=CC(c1ccc2c(c1)CCNC2)N1CCCCC1. The minimum absolute atomic E-state index is 0.0412. The molecule has 19 heavy (non-hydrogen) atoms. The number of hydrogen-bond donors (Lipinski definition) is 1. The summed E-state index contributed by atoms with van der Waals surface area (Å²) in [6, 6.07) is 6.54. The van der Waals surface area contributed by atoms with Crippen LogP contribution in [0, 0.1) is 0 Å². The van der Waals surface area contributed by atoms with E-state index >= 15 is 0 Å². The van der Waals surface area contributed by atoms with Crippen molar-refractivity contribution >= 4 is 6.29 Å². The third-order valence-corrected chi connectivity index (χ3v) is 4.37. The van der Waals surface area contributed by atoms with Crippen molar-refractivity contribution in [1.29, 1.82) is 0 Å². The van der Waals surface area contributed by atoms with Crippen LogP contribution in [0.25, 0.3) is 0 Å². The summed E-state index contributed by atoms with van der Waals surface area (Å²) in [5.41, 5.74) is 3.98. The number of benzene rings is 1. The summed E-state index contributed by atoms with van der Waals surface area (Å²) in [6.45, 7) is 4.13. The fourth-order valence-corrected chi connectivity index (χ4v) is 3.25. The normalized spacial score (nSPS) is 21.7. The van der Waals surface area contributed by atoms with Crippen LogP contribution in [-0.4, -0.2) is 30.8 Å². The Morgan fingerprint density at radius 3 is 2.79 bits per heavy atom. The fraction of sp³-hybridized carbons (Fsp3) is 0.562. The molecule has 102 valence electrons. The summed E-state index contributed by atoms with van der Waals surface area (Å²) in [6.07, 6.45) is 5.94. The molecule has 1 unspecified atom stereocenters. The molecule has 2 aliphatic rings. The highest BCUT2D eigenvalue weighted by Gasteiger charge is 2.22. The molecule has 2 aliphatic heterocycles. The van der Waals surface area contributed by atoms with Gasteiger partial charge in [-0.3, -0.25) is 4.90 Å². The van der Waals surface area contributed by atoms with Gasteiger partial charge in [-0.2, -0.15) is 0 Å². The first-order valence-corrected chi connectivity index (χ1v) is 7.40. The predicted octanol–water partition coefficient (Wildman–Crippen LogP) is 2.06. The van der Waals surface area contributed by atoms with E-state index in [1.165, 1.54) is 36.0 Å². The number of nitrogens with one attached hydrogen (secondary N) is 1. The van der Waals surface area contributed by atoms with Gasteiger partial charge in [0.15, 0.2) is 0 Å². The van der Waals surface area contributed by atoms with Crippen LogP contribution >= 0.6 is 0 Å². The van der Waals surface area contributed by atoms with Gasteiger partial charge in [-0.05, 0) is 55.6 Å². The van der Waals surface area contributed by atoms with Gasteiger partial charge in [-0.25, -0.2) is 0 Å². The Bertz CT molecular complexity index is 452. The summed E-state index contributed by atoms with van der Waals surface area (Å²) < 4.78 is 0. The number of rotatable bonds is 3. The van der Waals surface area contributed by atoms with Crippen molar-refractivity contribution in [2.75, 3.05) is 19.6 Å². The number of carbonyl (C=O) groups excluding carboxylic acids is 1. The second kappa shape index (κ2) is 5.85. The van der Waals surface area contributed by atoms with Gasteiger partial charge in [0.05, 0.1) is 6.04 Å². The van der Waals surface area contributed by atoms with Crippen LogP contribution in [0.3, 0.4) is 0 Å². The van der Waals surface area contributed by atoms with Gasteiger partial charge in [0.25, 0.3) is 0 Å². The average molecular weight is 258 g/mol. The molecule has 0 radical (unpaired) electrons. The van der Waals surface area contributed by atoms with Crippen molar-refractivity contribution in [3.05, 3.63) is 34.9 Å². The highest BCUT2D eigenvalue weighted by Crippen LogP contribution is 2.26. The van der Waals surface area contributed by atoms with Crippen molar-refractivity contribution in [1.82, 2.24) is 10.2 Å². The van der Waals surface area contributed by atoms with E-state index in [1.54, 1.807) is 0 Å². The van der Waals surface area contributed by atoms with Crippen LogP contribution in [0.1, 0.15) is 42.0 Å². The first kappa shape index (κ1) is 12.8. The maximum absolute atomic E-state index is 11.5. The zero-order valence-electron chi connectivity index (χ0n) is 11.4. The number of nitrogens with zero attached hydrogens (tertiary/aromatic N) is 1. The Kier molecular flexibility index (Phi) is 3.95. The Labute approximate surface area is 115 Å². The molecule has 1 aromatic rings. The summed E-state index contributed by atoms with van der Waals surface area (Å²) in [4.78, 5) is 13.9. The zero-order chi connectivity index (χ0) is 13.1. The largest absolute Gasteiger partial charge is 0.312 e. The van der Waals surface area contributed by atoms with Crippen LogP contribution < -0.4 is 5.32 Å². The van der Waals surface area contributed by atoms with Gasteiger partial charge < -0.3 is 10.1 Å². The highest BCUT2D eigenvalue weighted by molar-refractivity contribution is 5.62. The quantitative estimate of drug-likeness (QED) is 0.842. The third kappa shape index (κ3) is 2.72. The summed E-state index contributed by atoms with van der Waals surface area (Å²) in [7, 11) is 0. The number of aldehydes is 1. The lowest BCUT2D eigenvalue weighted by Crippen LogP contribution is -2.34. The molecule has 0 spiro atoms. The molecule has 1 aromatic carbocycles. The molecule has 0 saturated carbocycles. The number of carbonyl (C=O) groups is 1. The molecule has 0 aromatic heterocycles. The topological polar surface area (TPSA) is 32.3 Å². The lowest BCUT2D eigenvalue weighted by atomic mass is 9.94. The Balaban J connectivity index is 1.84. The number of piperidine rings is 1. The average Bonchev–Trinajstić information content (AvgIpc) is 2.49. The maximum atomic E-state index is 11.5. The number of likely N-dealkylation sites (tertiary alicyclic amines) is 1. The Morgan fingerprint density at radius 2 is 2.00 bits per heavy atom. The van der Waals surface area contributed by atoms with Crippen LogP contribution in [0.4, 0.5) is 0 Å². The highest BCUT2D eigenvalue weighted by atomic mass is 16.1. The smallest absolute Gasteiger partial charge is 0.141 e. The molecular weight excluding hydrogens is 236 g/mol. The minimum atomic E-state index is -0.0412. The van der Waals surface area contributed by atoms with E-state index in [0.29, 0.717) is 0 Å². The molecule has 3 heteroatoms. The lowest BCUT2D eigenvalue weighted by molar-refractivity contribution is -0.113. The van der Waals surface area contributed by atoms with Gasteiger partial charge in [-0.1, -0.05) is 24.6 Å². The summed E-state index contributed by atoms with van der Waals surface area (Å²) >= 11 is 0. The van der Waals surface area contributed by atoms with E-state index < -0.39 is 0 Å². The minimum Gasteiger partial charge on any atom is -0.312 e. The lowest BCUT2D eigenvalue weighted by Gasteiger charge is -2.32. The number of hydrogen-bond acceptors (Lipinski definition) is 3. The Morgan fingerprint density at radius 1 is 1.16 bits per heavy atom. The second-order valence-electron chi connectivity index (χ2n) is 5.63. The van der Waals surface area contributed by atoms with Gasteiger partial charge in [0, 0.05) is 6.54 Å². The van der Waals surface area contributed by atoms with Crippen LogP contribution in [0.15, 0.2) is 18.2 Å². The molecule has 3 rings (SSSR count). The standard InChI is InChI=1S/C16H22N2O/c19-12-16(18-8-2-1-3-9-18)14-4-5-15-11-17-7-6-13(15)10-14/h4-5,10,12,16-17H,1-3,6-9,11H2.